The van der Waals surface area contributed by atoms with Crippen LogP contribution in [-0.4, -0.2) is 39.0 Å². The maximum atomic E-state index is 12.4. The van der Waals surface area contributed by atoms with Gasteiger partial charge in [0.15, 0.2) is 0 Å². The van der Waals surface area contributed by atoms with Crippen LogP contribution in [-0.2, 0) is 10.0 Å². The van der Waals surface area contributed by atoms with Crippen LogP contribution in [0.2, 0.25) is 5.02 Å². The van der Waals surface area contributed by atoms with Crippen molar-refractivity contribution in [1.29, 1.82) is 0 Å². The van der Waals surface area contributed by atoms with E-state index in [1.807, 2.05) is 0 Å². The fraction of sp³-hybridized carbons (Fsp3) is 0.571. The summed E-state index contributed by atoms with van der Waals surface area (Å²) < 4.78 is 27.4. The molecule has 1 unspecified atom stereocenters. The normalized spacial score (nSPS) is 20.0. The van der Waals surface area contributed by atoms with E-state index >= 15 is 0 Å². The SMILES string of the molecule is CCN1CCCC1CNS(=O)(=O)c1cc(C)c(Cl)c(N)c1. The van der Waals surface area contributed by atoms with E-state index in [-0.39, 0.29) is 16.6 Å². The molecule has 3 N–H and O–H groups in total. The second kappa shape index (κ2) is 6.52. The first-order chi connectivity index (χ1) is 9.85. The van der Waals surface area contributed by atoms with Gasteiger partial charge in [-0.25, -0.2) is 13.1 Å². The fourth-order valence-electron chi connectivity index (χ4n) is 2.75. The number of halogens is 1. The molecule has 7 heteroatoms. The molecule has 1 fully saturated rings. The average molecular weight is 332 g/mol. The topological polar surface area (TPSA) is 75.4 Å². The minimum absolute atomic E-state index is 0.169. The zero-order valence-corrected chi connectivity index (χ0v) is 14.0. The molecular formula is C14H22ClN3O2S. The first-order valence-corrected chi connectivity index (χ1v) is 9.00. The number of benzene rings is 1. The molecule has 0 amide bonds. The predicted molar refractivity (Wildman–Crippen MR) is 86.1 cm³/mol. The summed E-state index contributed by atoms with van der Waals surface area (Å²) in [6.45, 7) is 6.25. The molecular weight excluding hydrogens is 310 g/mol. The maximum Gasteiger partial charge on any atom is 0.240 e. The highest BCUT2D eigenvalue weighted by molar-refractivity contribution is 7.89. The Labute approximate surface area is 131 Å². The van der Waals surface area contributed by atoms with Crippen molar-refractivity contribution in [3.63, 3.8) is 0 Å². The van der Waals surface area contributed by atoms with Crippen molar-refractivity contribution >= 4 is 27.3 Å². The highest BCUT2D eigenvalue weighted by Crippen LogP contribution is 2.27. The molecule has 5 nitrogen and oxygen atoms in total. The van der Waals surface area contributed by atoms with Crippen LogP contribution in [0.3, 0.4) is 0 Å². The number of rotatable bonds is 5. The van der Waals surface area contributed by atoms with Crippen LogP contribution in [0.25, 0.3) is 0 Å². The van der Waals surface area contributed by atoms with Gasteiger partial charge in [-0.05, 0) is 50.6 Å². The van der Waals surface area contributed by atoms with Crippen LogP contribution >= 0.6 is 11.6 Å². The van der Waals surface area contributed by atoms with Crippen molar-refractivity contribution in [2.24, 2.45) is 0 Å². The van der Waals surface area contributed by atoms with Gasteiger partial charge in [-0.1, -0.05) is 18.5 Å². The van der Waals surface area contributed by atoms with Crippen molar-refractivity contribution in [1.82, 2.24) is 9.62 Å². The molecule has 0 aliphatic carbocycles. The van der Waals surface area contributed by atoms with Gasteiger partial charge < -0.3 is 5.73 Å². The van der Waals surface area contributed by atoms with Crippen molar-refractivity contribution in [3.05, 3.63) is 22.7 Å². The van der Waals surface area contributed by atoms with Crippen LogP contribution in [0, 0.1) is 6.92 Å². The highest BCUT2D eigenvalue weighted by atomic mass is 35.5. The van der Waals surface area contributed by atoms with Gasteiger partial charge in [0.2, 0.25) is 10.0 Å². The average Bonchev–Trinajstić information content (AvgIpc) is 2.89. The van der Waals surface area contributed by atoms with Crippen molar-refractivity contribution in [2.45, 2.75) is 37.6 Å². The molecule has 21 heavy (non-hydrogen) atoms. The molecule has 1 atom stereocenters. The molecule has 1 saturated heterocycles. The third-order valence-electron chi connectivity index (χ3n) is 3.98. The van der Waals surface area contributed by atoms with E-state index < -0.39 is 10.0 Å². The lowest BCUT2D eigenvalue weighted by Gasteiger charge is -2.23. The number of likely N-dealkylation sites (tertiary alicyclic amines) is 1. The number of sulfonamides is 1. The standard InChI is InChI=1S/C14H22ClN3O2S/c1-3-18-6-4-5-11(18)9-17-21(19,20)12-7-10(2)14(15)13(16)8-12/h7-8,11,17H,3-6,9,16H2,1-2H3. The van der Waals surface area contributed by atoms with Crippen molar-refractivity contribution < 1.29 is 8.42 Å². The number of hydrogen-bond donors (Lipinski definition) is 2. The van der Waals surface area contributed by atoms with Gasteiger partial charge in [0.25, 0.3) is 0 Å². The summed E-state index contributed by atoms with van der Waals surface area (Å²) in [6, 6.07) is 3.23. The lowest BCUT2D eigenvalue weighted by molar-refractivity contribution is 0.268. The molecule has 0 bridgehead atoms. The highest BCUT2D eigenvalue weighted by Gasteiger charge is 2.25. The zero-order valence-electron chi connectivity index (χ0n) is 12.4. The largest absolute Gasteiger partial charge is 0.397 e. The number of nitrogens with zero attached hydrogens (tertiary/aromatic N) is 1. The minimum atomic E-state index is -3.56. The van der Waals surface area contributed by atoms with Crippen LogP contribution < -0.4 is 10.5 Å². The monoisotopic (exact) mass is 331 g/mol. The third kappa shape index (κ3) is 3.69. The number of nitrogen functional groups attached to an aromatic ring is 1. The van der Waals surface area contributed by atoms with E-state index in [4.69, 9.17) is 17.3 Å². The van der Waals surface area contributed by atoms with Crippen LogP contribution in [0.4, 0.5) is 5.69 Å². The quantitative estimate of drug-likeness (QED) is 0.809. The van der Waals surface area contributed by atoms with E-state index in [0.29, 0.717) is 17.1 Å². The summed E-state index contributed by atoms with van der Waals surface area (Å²) >= 11 is 5.97. The minimum Gasteiger partial charge on any atom is -0.397 e. The molecule has 1 aromatic rings. The Morgan fingerprint density at radius 1 is 1.48 bits per heavy atom. The van der Waals surface area contributed by atoms with Crippen LogP contribution in [0.5, 0.6) is 0 Å². The summed E-state index contributed by atoms with van der Waals surface area (Å²) in [4.78, 5) is 2.47. The van der Waals surface area contributed by atoms with Crippen molar-refractivity contribution in [3.8, 4) is 0 Å². The van der Waals surface area contributed by atoms with E-state index in [1.54, 1.807) is 13.0 Å². The van der Waals surface area contributed by atoms with Crippen LogP contribution in [0.1, 0.15) is 25.3 Å². The smallest absolute Gasteiger partial charge is 0.240 e. The molecule has 0 saturated carbocycles. The molecule has 2 rings (SSSR count). The van der Waals surface area contributed by atoms with E-state index in [0.717, 1.165) is 25.9 Å². The van der Waals surface area contributed by atoms with Gasteiger partial charge in [0.1, 0.15) is 0 Å². The lowest BCUT2D eigenvalue weighted by atomic mass is 10.2. The van der Waals surface area contributed by atoms with E-state index in [9.17, 15) is 8.42 Å². The van der Waals surface area contributed by atoms with Crippen molar-refractivity contribution in [2.75, 3.05) is 25.4 Å². The summed E-state index contributed by atoms with van der Waals surface area (Å²) in [6.07, 6.45) is 2.14. The van der Waals surface area contributed by atoms with Gasteiger partial charge in [0, 0.05) is 12.6 Å². The molecule has 0 spiro atoms. The zero-order chi connectivity index (χ0) is 15.6. The van der Waals surface area contributed by atoms with E-state index in [1.165, 1.54) is 6.07 Å². The maximum absolute atomic E-state index is 12.4. The molecule has 118 valence electrons. The Hall–Kier alpha value is -0.820. The molecule has 1 aromatic carbocycles. The van der Waals surface area contributed by atoms with Gasteiger partial charge in [0.05, 0.1) is 15.6 Å². The van der Waals surface area contributed by atoms with Gasteiger partial charge in [-0.3, -0.25) is 4.90 Å². The second-order valence-corrected chi connectivity index (χ2v) is 7.56. The fourth-order valence-corrected chi connectivity index (χ4v) is 4.05. The Morgan fingerprint density at radius 2 is 2.19 bits per heavy atom. The third-order valence-corrected chi connectivity index (χ3v) is 5.90. The Balaban J connectivity index is 2.12. The van der Waals surface area contributed by atoms with E-state index in [2.05, 4.69) is 16.5 Å². The molecule has 1 aliphatic heterocycles. The Kier molecular flexibility index (Phi) is 5.14. The number of nitrogens with one attached hydrogen (secondary N) is 1. The lowest BCUT2D eigenvalue weighted by Crippen LogP contribution is -2.40. The second-order valence-electron chi connectivity index (χ2n) is 5.42. The first-order valence-electron chi connectivity index (χ1n) is 7.14. The number of nitrogens with two attached hydrogens (primary N) is 1. The number of likely N-dealkylation sites (N-methyl/N-ethyl adjacent to an activating group) is 1. The molecule has 0 radical (unpaired) electrons. The summed E-state index contributed by atoms with van der Waals surface area (Å²) in [5.74, 6) is 0. The molecule has 0 aromatic heterocycles. The van der Waals surface area contributed by atoms with Gasteiger partial charge >= 0.3 is 0 Å². The first kappa shape index (κ1) is 16.5. The van der Waals surface area contributed by atoms with Gasteiger partial charge in [-0.15, -0.1) is 0 Å². The predicted octanol–water partition coefficient (Wildman–Crippen LogP) is 1.99. The molecule has 1 heterocycles. The summed E-state index contributed by atoms with van der Waals surface area (Å²) in [5.41, 5.74) is 6.69. The summed E-state index contributed by atoms with van der Waals surface area (Å²) in [7, 11) is -3.56. The molecule has 1 aliphatic rings. The van der Waals surface area contributed by atoms with Gasteiger partial charge in [-0.2, -0.15) is 0 Å². The summed E-state index contributed by atoms with van der Waals surface area (Å²) in [5, 5.41) is 0.405. The Bertz CT molecular complexity index is 596. The number of hydrogen-bond acceptors (Lipinski definition) is 4. The number of anilines is 1. The Morgan fingerprint density at radius 3 is 2.81 bits per heavy atom. The number of aryl methyl sites for hydroxylation is 1. The van der Waals surface area contributed by atoms with Crippen LogP contribution in [0.15, 0.2) is 17.0 Å².